The number of nitrogens with zero attached hydrogens (tertiary/aromatic N) is 1. The van der Waals surface area contributed by atoms with Crippen molar-refractivity contribution in [2.75, 3.05) is 19.0 Å². The Kier molecular flexibility index (Phi) is 5.42. The van der Waals surface area contributed by atoms with Gasteiger partial charge in [0.1, 0.15) is 5.75 Å². The number of aryl methyl sites for hydroxylation is 1. The molecule has 0 unspecified atom stereocenters. The maximum Gasteiger partial charge on any atom is 0.321 e. The van der Waals surface area contributed by atoms with Crippen LogP contribution in [0.15, 0.2) is 48.5 Å². The Morgan fingerprint density at radius 3 is 2.32 bits per heavy atom. The maximum atomic E-state index is 12.2. The summed E-state index contributed by atoms with van der Waals surface area (Å²) in [6.07, 6.45) is 0. The molecule has 2 aromatic rings. The minimum Gasteiger partial charge on any atom is -0.494 e. The average Bonchev–Trinajstić information content (AvgIpc) is 2.51. The molecule has 2 amide bonds. The molecule has 4 nitrogen and oxygen atoms in total. The molecule has 116 valence electrons. The normalized spacial score (nSPS) is 10.1. The minimum atomic E-state index is -0.127. The van der Waals surface area contributed by atoms with E-state index >= 15 is 0 Å². The smallest absolute Gasteiger partial charge is 0.321 e. The van der Waals surface area contributed by atoms with E-state index in [1.807, 2.05) is 62.4 Å². The first-order valence-corrected chi connectivity index (χ1v) is 7.39. The zero-order valence-electron chi connectivity index (χ0n) is 13.3. The Balaban J connectivity index is 1.91. The van der Waals surface area contributed by atoms with Crippen molar-refractivity contribution in [3.63, 3.8) is 0 Å². The van der Waals surface area contributed by atoms with Crippen LogP contribution in [-0.4, -0.2) is 24.6 Å². The molecule has 0 aliphatic rings. The van der Waals surface area contributed by atoms with Crippen molar-refractivity contribution in [3.05, 3.63) is 59.7 Å². The minimum absolute atomic E-state index is 0.127. The standard InChI is InChI=1S/C18H22N2O2/c1-4-22-17-11-7-15(8-12-17)13-20(3)18(21)19-16-9-5-14(2)6-10-16/h5-12H,4,13H2,1-3H3,(H,19,21). The molecule has 0 atom stereocenters. The highest BCUT2D eigenvalue weighted by Gasteiger charge is 2.09. The Hall–Kier alpha value is -2.49. The average molecular weight is 298 g/mol. The van der Waals surface area contributed by atoms with Crippen LogP contribution < -0.4 is 10.1 Å². The van der Waals surface area contributed by atoms with Crippen LogP contribution in [-0.2, 0) is 6.54 Å². The van der Waals surface area contributed by atoms with Gasteiger partial charge in [0.2, 0.25) is 0 Å². The topological polar surface area (TPSA) is 41.6 Å². The van der Waals surface area contributed by atoms with E-state index in [9.17, 15) is 4.79 Å². The summed E-state index contributed by atoms with van der Waals surface area (Å²) in [4.78, 5) is 13.8. The predicted molar refractivity (Wildman–Crippen MR) is 89.3 cm³/mol. The molecule has 0 spiro atoms. The van der Waals surface area contributed by atoms with Crippen LogP contribution in [0.2, 0.25) is 0 Å². The third kappa shape index (κ3) is 4.52. The second-order valence-electron chi connectivity index (χ2n) is 5.23. The van der Waals surface area contributed by atoms with Crippen LogP contribution in [0.3, 0.4) is 0 Å². The van der Waals surface area contributed by atoms with E-state index < -0.39 is 0 Å². The van der Waals surface area contributed by atoms with Gasteiger partial charge < -0.3 is 15.0 Å². The fourth-order valence-electron chi connectivity index (χ4n) is 2.06. The number of carbonyl (C=O) groups excluding carboxylic acids is 1. The summed E-state index contributed by atoms with van der Waals surface area (Å²) in [6.45, 7) is 5.17. The van der Waals surface area contributed by atoms with Crippen molar-refractivity contribution in [1.29, 1.82) is 0 Å². The largest absolute Gasteiger partial charge is 0.494 e. The molecule has 0 aliphatic heterocycles. The number of carbonyl (C=O) groups is 1. The molecule has 0 radical (unpaired) electrons. The molecule has 4 heteroatoms. The maximum absolute atomic E-state index is 12.2. The van der Waals surface area contributed by atoms with E-state index in [1.165, 1.54) is 5.56 Å². The number of hydrogen-bond acceptors (Lipinski definition) is 2. The first-order chi connectivity index (χ1) is 10.6. The van der Waals surface area contributed by atoms with Crippen LogP contribution in [0, 0.1) is 6.92 Å². The Morgan fingerprint density at radius 2 is 1.73 bits per heavy atom. The van der Waals surface area contributed by atoms with E-state index in [-0.39, 0.29) is 6.03 Å². The molecule has 2 rings (SSSR count). The van der Waals surface area contributed by atoms with Gasteiger partial charge >= 0.3 is 6.03 Å². The fraction of sp³-hybridized carbons (Fsp3) is 0.278. The lowest BCUT2D eigenvalue weighted by Crippen LogP contribution is -2.30. The number of urea groups is 1. The molecule has 22 heavy (non-hydrogen) atoms. The van der Waals surface area contributed by atoms with Gasteiger partial charge in [0, 0.05) is 19.3 Å². The number of nitrogens with one attached hydrogen (secondary N) is 1. The van der Waals surface area contributed by atoms with Crippen molar-refractivity contribution in [3.8, 4) is 5.75 Å². The van der Waals surface area contributed by atoms with Gasteiger partial charge in [-0.2, -0.15) is 0 Å². The van der Waals surface area contributed by atoms with Crippen molar-refractivity contribution in [2.24, 2.45) is 0 Å². The second kappa shape index (κ2) is 7.50. The van der Waals surface area contributed by atoms with Crippen molar-refractivity contribution < 1.29 is 9.53 Å². The van der Waals surface area contributed by atoms with Crippen LogP contribution >= 0.6 is 0 Å². The monoisotopic (exact) mass is 298 g/mol. The number of benzene rings is 2. The molecule has 0 aliphatic carbocycles. The van der Waals surface area contributed by atoms with Crippen molar-refractivity contribution >= 4 is 11.7 Å². The highest BCUT2D eigenvalue weighted by Crippen LogP contribution is 2.14. The molecule has 0 aromatic heterocycles. The van der Waals surface area contributed by atoms with Gasteiger partial charge in [-0.3, -0.25) is 0 Å². The summed E-state index contributed by atoms with van der Waals surface area (Å²) in [7, 11) is 1.78. The summed E-state index contributed by atoms with van der Waals surface area (Å²) in [5, 5.41) is 2.88. The summed E-state index contributed by atoms with van der Waals surface area (Å²) < 4.78 is 5.41. The van der Waals surface area contributed by atoms with E-state index in [0.29, 0.717) is 13.2 Å². The van der Waals surface area contributed by atoms with E-state index in [4.69, 9.17) is 4.74 Å². The summed E-state index contributed by atoms with van der Waals surface area (Å²) in [5.74, 6) is 0.845. The number of ether oxygens (including phenoxy) is 1. The summed E-state index contributed by atoms with van der Waals surface area (Å²) in [6, 6.07) is 15.4. The Labute approximate surface area is 131 Å². The van der Waals surface area contributed by atoms with Gasteiger partial charge in [-0.05, 0) is 43.7 Å². The molecule has 0 bridgehead atoms. The third-order valence-corrected chi connectivity index (χ3v) is 3.30. The quantitative estimate of drug-likeness (QED) is 0.904. The Morgan fingerprint density at radius 1 is 1.09 bits per heavy atom. The molecule has 1 N–H and O–H groups in total. The highest BCUT2D eigenvalue weighted by atomic mass is 16.5. The second-order valence-corrected chi connectivity index (χ2v) is 5.23. The zero-order chi connectivity index (χ0) is 15.9. The molecular formula is C18H22N2O2. The van der Waals surface area contributed by atoms with Crippen molar-refractivity contribution in [2.45, 2.75) is 20.4 Å². The zero-order valence-corrected chi connectivity index (χ0v) is 13.3. The fourth-order valence-corrected chi connectivity index (χ4v) is 2.06. The van der Waals surface area contributed by atoms with Gasteiger partial charge in [-0.1, -0.05) is 29.8 Å². The van der Waals surface area contributed by atoms with Gasteiger partial charge in [0.05, 0.1) is 6.61 Å². The predicted octanol–water partition coefficient (Wildman–Crippen LogP) is 4.06. The molecule has 0 saturated heterocycles. The molecular weight excluding hydrogens is 276 g/mol. The lowest BCUT2D eigenvalue weighted by atomic mass is 10.2. The first-order valence-electron chi connectivity index (χ1n) is 7.39. The van der Waals surface area contributed by atoms with Crippen molar-refractivity contribution in [1.82, 2.24) is 4.90 Å². The summed E-state index contributed by atoms with van der Waals surface area (Å²) in [5.41, 5.74) is 3.03. The number of rotatable bonds is 5. The lowest BCUT2D eigenvalue weighted by molar-refractivity contribution is 0.220. The molecule has 0 heterocycles. The first kappa shape index (κ1) is 15.9. The van der Waals surface area contributed by atoms with Crippen LogP contribution in [0.25, 0.3) is 0 Å². The van der Waals surface area contributed by atoms with Crippen LogP contribution in [0.4, 0.5) is 10.5 Å². The van der Waals surface area contributed by atoms with E-state index in [1.54, 1.807) is 11.9 Å². The molecule has 2 aromatic carbocycles. The molecule has 0 fully saturated rings. The van der Waals surface area contributed by atoms with E-state index in [0.717, 1.165) is 17.0 Å². The van der Waals surface area contributed by atoms with Gasteiger partial charge in [-0.25, -0.2) is 4.79 Å². The van der Waals surface area contributed by atoms with E-state index in [2.05, 4.69) is 5.32 Å². The van der Waals surface area contributed by atoms with Gasteiger partial charge in [0.25, 0.3) is 0 Å². The van der Waals surface area contributed by atoms with Crippen LogP contribution in [0.1, 0.15) is 18.1 Å². The summed E-state index contributed by atoms with van der Waals surface area (Å²) >= 11 is 0. The highest BCUT2D eigenvalue weighted by molar-refractivity contribution is 5.89. The SMILES string of the molecule is CCOc1ccc(CN(C)C(=O)Nc2ccc(C)cc2)cc1. The number of hydrogen-bond donors (Lipinski definition) is 1. The van der Waals surface area contributed by atoms with Crippen LogP contribution in [0.5, 0.6) is 5.75 Å². The number of amides is 2. The third-order valence-electron chi connectivity index (χ3n) is 3.30. The number of anilines is 1. The van der Waals surface area contributed by atoms with Gasteiger partial charge in [0.15, 0.2) is 0 Å². The molecule has 0 saturated carbocycles. The van der Waals surface area contributed by atoms with Gasteiger partial charge in [-0.15, -0.1) is 0 Å². The lowest BCUT2D eigenvalue weighted by Gasteiger charge is -2.18. The Bertz CT molecular complexity index is 606.